The zero-order valence-corrected chi connectivity index (χ0v) is 18.3. The van der Waals surface area contributed by atoms with E-state index in [1.54, 1.807) is 6.20 Å². The van der Waals surface area contributed by atoms with Gasteiger partial charge in [-0.15, -0.1) is 0 Å². The minimum Gasteiger partial charge on any atom is -0.256 e. The predicted octanol–water partition coefficient (Wildman–Crippen LogP) is 7.77. The van der Waals surface area contributed by atoms with Gasteiger partial charge in [0.2, 0.25) is 0 Å². The lowest BCUT2D eigenvalue weighted by Gasteiger charge is -2.15. The van der Waals surface area contributed by atoms with E-state index in [-0.39, 0.29) is 0 Å². The molecular formula is C31H19N3. The van der Waals surface area contributed by atoms with Crippen LogP contribution in [-0.2, 0) is 0 Å². The number of hydrogen-bond donors (Lipinski definition) is 0. The fourth-order valence-corrected chi connectivity index (χ4v) is 5.05. The van der Waals surface area contributed by atoms with Crippen LogP contribution in [0.3, 0.4) is 0 Å². The first-order valence-electron chi connectivity index (χ1n) is 11.4. The third-order valence-corrected chi connectivity index (χ3v) is 6.59. The van der Waals surface area contributed by atoms with Crippen molar-refractivity contribution in [3.63, 3.8) is 0 Å². The molecule has 0 saturated carbocycles. The van der Waals surface area contributed by atoms with E-state index >= 15 is 0 Å². The summed E-state index contributed by atoms with van der Waals surface area (Å²) in [6, 6.07) is 34.0. The van der Waals surface area contributed by atoms with E-state index in [2.05, 4.69) is 82.8 Å². The van der Waals surface area contributed by atoms with Gasteiger partial charge >= 0.3 is 0 Å². The number of benzene rings is 4. The summed E-state index contributed by atoms with van der Waals surface area (Å²) >= 11 is 0. The van der Waals surface area contributed by atoms with Crippen LogP contribution in [0.4, 0.5) is 0 Å². The zero-order valence-electron chi connectivity index (χ0n) is 18.3. The van der Waals surface area contributed by atoms with Crippen LogP contribution in [-0.4, -0.2) is 15.0 Å². The normalized spacial score (nSPS) is 11.5. The molecule has 4 aromatic carbocycles. The zero-order chi connectivity index (χ0) is 22.5. The summed E-state index contributed by atoms with van der Waals surface area (Å²) in [6.07, 6.45) is 5.49. The molecule has 3 heteroatoms. The van der Waals surface area contributed by atoms with Crippen LogP contribution in [0.15, 0.2) is 116 Å². The summed E-state index contributed by atoms with van der Waals surface area (Å²) in [5, 5.41) is 7.71. The summed E-state index contributed by atoms with van der Waals surface area (Å²) in [6.45, 7) is 0. The summed E-state index contributed by atoms with van der Waals surface area (Å²) in [4.78, 5) is 13.9. The van der Waals surface area contributed by atoms with Crippen molar-refractivity contribution in [2.75, 3.05) is 0 Å². The van der Waals surface area contributed by atoms with Gasteiger partial charge in [0, 0.05) is 24.2 Å². The van der Waals surface area contributed by atoms with Crippen LogP contribution in [0.5, 0.6) is 0 Å². The van der Waals surface area contributed by atoms with Gasteiger partial charge in [-0.2, -0.15) is 0 Å². The second kappa shape index (κ2) is 7.46. The maximum absolute atomic E-state index is 4.69. The molecule has 0 N–H and O–H groups in total. The Morgan fingerprint density at radius 1 is 0.441 bits per heavy atom. The number of nitrogens with zero attached hydrogens (tertiary/aromatic N) is 3. The number of aromatic nitrogens is 3. The van der Waals surface area contributed by atoms with Crippen molar-refractivity contribution in [1.29, 1.82) is 0 Å². The van der Waals surface area contributed by atoms with Gasteiger partial charge in [0.25, 0.3) is 0 Å². The summed E-state index contributed by atoms with van der Waals surface area (Å²) in [5.41, 5.74) is 5.86. The van der Waals surface area contributed by atoms with Crippen LogP contribution < -0.4 is 0 Å². The molecule has 0 aliphatic heterocycles. The topological polar surface area (TPSA) is 38.7 Å². The third kappa shape index (κ3) is 2.87. The Bertz CT molecular complexity index is 1790. The molecule has 3 nitrogen and oxygen atoms in total. The van der Waals surface area contributed by atoms with Crippen molar-refractivity contribution in [1.82, 2.24) is 15.0 Å². The Kier molecular flexibility index (Phi) is 4.15. The van der Waals surface area contributed by atoms with Crippen molar-refractivity contribution in [2.24, 2.45) is 0 Å². The van der Waals surface area contributed by atoms with Crippen LogP contribution in [0, 0.1) is 0 Å². The van der Waals surface area contributed by atoms with Crippen molar-refractivity contribution < 1.29 is 0 Å². The molecule has 0 aliphatic rings. The molecule has 0 radical (unpaired) electrons. The van der Waals surface area contributed by atoms with Gasteiger partial charge < -0.3 is 0 Å². The molecule has 0 bridgehead atoms. The molecule has 34 heavy (non-hydrogen) atoms. The monoisotopic (exact) mass is 433 g/mol. The average molecular weight is 434 g/mol. The van der Waals surface area contributed by atoms with E-state index in [0.717, 1.165) is 28.2 Å². The molecule has 0 saturated heterocycles. The first-order chi connectivity index (χ1) is 16.9. The maximum atomic E-state index is 4.69. The number of hydrogen-bond acceptors (Lipinski definition) is 3. The van der Waals surface area contributed by atoms with Crippen LogP contribution in [0.1, 0.15) is 0 Å². The second-order valence-corrected chi connectivity index (χ2v) is 8.51. The van der Waals surface area contributed by atoms with Crippen LogP contribution >= 0.6 is 0 Å². The van der Waals surface area contributed by atoms with Gasteiger partial charge in [-0.25, -0.2) is 0 Å². The Balaban J connectivity index is 1.45. The molecule has 7 rings (SSSR count). The molecular weight excluding hydrogens is 414 g/mol. The van der Waals surface area contributed by atoms with Gasteiger partial charge in [0.1, 0.15) is 0 Å². The van der Waals surface area contributed by atoms with Crippen molar-refractivity contribution >= 4 is 32.3 Å². The smallest absolute Gasteiger partial charge is 0.0980 e. The van der Waals surface area contributed by atoms with Gasteiger partial charge in [-0.1, -0.05) is 60.7 Å². The predicted molar refractivity (Wildman–Crippen MR) is 140 cm³/mol. The van der Waals surface area contributed by atoms with Gasteiger partial charge in [0.15, 0.2) is 0 Å². The lowest BCUT2D eigenvalue weighted by molar-refractivity contribution is 1.23. The van der Waals surface area contributed by atoms with E-state index < -0.39 is 0 Å². The lowest BCUT2D eigenvalue weighted by Crippen LogP contribution is -1.94. The molecule has 3 heterocycles. The van der Waals surface area contributed by atoms with Crippen molar-refractivity contribution in [2.45, 2.75) is 0 Å². The highest BCUT2D eigenvalue weighted by atomic mass is 14.8. The minimum absolute atomic E-state index is 0.834. The standard InChI is InChI=1S/C31H19N3/c1-2-16-32-27(8-1)26-7-4-17-34-31(26)28-19-23(15-18-33-28)24-13-11-22-10-9-20-5-3-6-21-12-14-25(24)30(22)29(20)21/h1-19H. The molecule has 0 unspecified atom stereocenters. The van der Waals surface area contributed by atoms with Gasteiger partial charge in [-0.3, -0.25) is 15.0 Å². The second-order valence-electron chi connectivity index (χ2n) is 8.51. The SMILES string of the molecule is c1ccc(-c2cccnc2-c2cc(-c3ccc4ccc5cccc6ccc3c4c56)ccn2)nc1. The lowest BCUT2D eigenvalue weighted by atomic mass is 9.90. The first-order valence-corrected chi connectivity index (χ1v) is 11.4. The van der Waals surface area contributed by atoms with Crippen LogP contribution in [0.2, 0.25) is 0 Å². The number of pyridine rings is 3. The molecule has 7 aromatic rings. The fraction of sp³-hybridized carbons (Fsp3) is 0. The third-order valence-electron chi connectivity index (χ3n) is 6.59. The molecule has 0 fully saturated rings. The number of rotatable bonds is 3. The highest BCUT2D eigenvalue weighted by molar-refractivity contribution is 6.25. The maximum Gasteiger partial charge on any atom is 0.0980 e. The summed E-state index contributed by atoms with van der Waals surface area (Å²) < 4.78 is 0. The van der Waals surface area contributed by atoms with E-state index in [0.29, 0.717) is 0 Å². The van der Waals surface area contributed by atoms with Crippen LogP contribution in [0.25, 0.3) is 66.1 Å². The molecule has 0 spiro atoms. The van der Waals surface area contributed by atoms with Gasteiger partial charge in [0.05, 0.1) is 17.1 Å². The highest BCUT2D eigenvalue weighted by Crippen LogP contribution is 2.40. The Morgan fingerprint density at radius 3 is 2.06 bits per heavy atom. The summed E-state index contributed by atoms with van der Waals surface area (Å²) in [5.74, 6) is 0. The van der Waals surface area contributed by atoms with Crippen molar-refractivity contribution in [3.8, 4) is 33.8 Å². The molecule has 0 atom stereocenters. The van der Waals surface area contributed by atoms with E-state index in [4.69, 9.17) is 4.98 Å². The molecule has 0 amide bonds. The quantitative estimate of drug-likeness (QED) is 0.267. The van der Waals surface area contributed by atoms with E-state index in [1.807, 2.05) is 36.7 Å². The minimum atomic E-state index is 0.834. The Morgan fingerprint density at radius 2 is 1.21 bits per heavy atom. The van der Waals surface area contributed by atoms with Gasteiger partial charge in [-0.05, 0) is 79.8 Å². The largest absolute Gasteiger partial charge is 0.256 e. The Hall–Kier alpha value is -4.63. The van der Waals surface area contributed by atoms with E-state index in [9.17, 15) is 0 Å². The molecule has 0 aliphatic carbocycles. The molecule has 158 valence electrons. The molecule has 3 aromatic heterocycles. The fourth-order valence-electron chi connectivity index (χ4n) is 5.05. The first kappa shape index (κ1) is 18.9. The van der Waals surface area contributed by atoms with Crippen molar-refractivity contribution in [3.05, 3.63) is 116 Å². The average Bonchev–Trinajstić information content (AvgIpc) is 2.92. The van der Waals surface area contributed by atoms with E-state index in [1.165, 1.54) is 37.9 Å². The Labute approximate surface area is 196 Å². The highest BCUT2D eigenvalue weighted by Gasteiger charge is 2.15. The summed E-state index contributed by atoms with van der Waals surface area (Å²) in [7, 11) is 0.